The SMILES string of the molecule is CSCC[C@H](NC(=O)OCC(C)C)C(=O)N[C@H]1CC(C)N([C@H]2Cc3ccccc3C(C)([C@@H](CCCCN)C(=O)C(C)C)C2=O)C1=O. The smallest absolute Gasteiger partial charge is 0.407 e. The Morgan fingerprint density at radius 2 is 1.80 bits per heavy atom. The number of nitrogens with one attached hydrogen (secondary N) is 2. The second kappa shape index (κ2) is 16.8. The fourth-order valence-corrected chi connectivity index (χ4v) is 7.39. The Labute approximate surface area is 278 Å². The van der Waals surface area contributed by atoms with Gasteiger partial charge in [-0.05, 0) is 75.1 Å². The molecule has 1 saturated heterocycles. The van der Waals surface area contributed by atoms with E-state index in [1.54, 1.807) is 16.7 Å². The van der Waals surface area contributed by atoms with Gasteiger partial charge in [0.1, 0.15) is 17.9 Å². The van der Waals surface area contributed by atoms with Crippen molar-refractivity contribution in [2.75, 3.05) is 25.2 Å². The van der Waals surface area contributed by atoms with Crippen molar-refractivity contribution in [1.82, 2.24) is 15.5 Å². The number of nitrogens with two attached hydrogens (primary N) is 1. The molecule has 10 nitrogen and oxygen atoms in total. The number of hydrogen-bond acceptors (Lipinski definition) is 8. The van der Waals surface area contributed by atoms with Gasteiger partial charge in [-0.25, -0.2) is 4.79 Å². The summed E-state index contributed by atoms with van der Waals surface area (Å²) in [4.78, 5) is 70.0. The van der Waals surface area contributed by atoms with E-state index in [9.17, 15) is 24.0 Å². The third-order valence-electron chi connectivity index (χ3n) is 9.38. The molecule has 1 aliphatic carbocycles. The van der Waals surface area contributed by atoms with Crippen molar-refractivity contribution in [2.24, 2.45) is 23.5 Å². The van der Waals surface area contributed by atoms with Crippen molar-refractivity contribution in [2.45, 2.75) is 110 Å². The van der Waals surface area contributed by atoms with Gasteiger partial charge in [0.25, 0.3) is 0 Å². The van der Waals surface area contributed by atoms with Crippen LogP contribution in [0.15, 0.2) is 24.3 Å². The Kier molecular flexibility index (Phi) is 13.7. The number of fused-ring (bicyclic) bond motifs is 1. The summed E-state index contributed by atoms with van der Waals surface area (Å²) >= 11 is 1.55. The molecule has 1 aliphatic heterocycles. The van der Waals surface area contributed by atoms with Crippen molar-refractivity contribution in [3.05, 3.63) is 35.4 Å². The summed E-state index contributed by atoms with van der Waals surface area (Å²) < 4.78 is 5.23. The topological polar surface area (TPSA) is 148 Å². The van der Waals surface area contributed by atoms with Crippen molar-refractivity contribution < 1.29 is 28.7 Å². The lowest BCUT2D eigenvalue weighted by Gasteiger charge is -2.46. The second-order valence-electron chi connectivity index (χ2n) is 13.7. The van der Waals surface area contributed by atoms with E-state index in [-0.39, 0.29) is 42.0 Å². The molecule has 6 atom stereocenters. The number of ether oxygens (including phenoxy) is 1. The van der Waals surface area contributed by atoms with Crippen LogP contribution in [0.4, 0.5) is 4.79 Å². The van der Waals surface area contributed by atoms with Crippen LogP contribution in [-0.4, -0.2) is 83.7 Å². The summed E-state index contributed by atoms with van der Waals surface area (Å²) in [5.41, 5.74) is 6.45. The third kappa shape index (κ3) is 8.51. The minimum Gasteiger partial charge on any atom is -0.449 e. The first kappa shape index (κ1) is 37.5. The summed E-state index contributed by atoms with van der Waals surface area (Å²) in [5, 5.41) is 5.52. The Morgan fingerprint density at radius 3 is 2.43 bits per heavy atom. The number of benzene rings is 1. The number of unbranched alkanes of at least 4 members (excludes halogenated alkanes) is 1. The molecule has 11 heteroatoms. The van der Waals surface area contributed by atoms with Crippen LogP contribution in [0, 0.1) is 17.8 Å². The summed E-state index contributed by atoms with van der Waals surface area (Å²) in [6.45, 7) is 12.1. The maximum Gasteiger partial charge on any atom is 0.407 e. The first-order valence-electron chi connectivity index (χ1n) is 16.7. The van der Waals surface area contributed by atoms with Gasteiger partial charge in [0.2, 0.25) is 11.8 Å². The molecule has 46 heavy (non-hydrogen) atoms. The van der Waals surface area contributed by atoms with Gasteiger partial charge in [-0.2, -0.15) is 11.8 Å². The van der Waals surface area contributed by atoms with Crippen LogP contribution in [0.2, 0.25) is 0 Å². The fraction of sp³-hybridized carbons (Fsp3) is 0.686. The van der Waals surface area contributed by atoms with E-state index in [2.05, 4.69) is 10.6 Å². The highest BCUT2D eigenvalue weighted by Gasteiger charge is 2.55. The maximum atomic E-state index is 14.8. The molecule has 1 aromatic carbocycles. The molecule has 256 valence electrons. The van der Waals surface area contributed by atoms with E-state index < -0.39 is 41.5 Å². The molecule has 3 amide bonds. The van der Waals surface area contributed by atoms with Gasteiger partial charge in [0.15, 0.2) is 5.78 Å². The van der Waals surface area contributed by atoms with Gasteiger partial charge < -0.3 is 26.0 Å². The van der Waals surface area contributed by atoms with Crippen LogP contribution < -0.4 is 16.4 Å². The number of thioether (sulfide) groups is 1. The van der Waals surface area contributed by atoms with Crippen molar-refractivity contribution in [1.29, 1.82) is 0 Å². The van der Waals surface area contributed by atoms with Crippen LogP contribution in [0.25, 0.3) is 0 Å². The first-order chi connectivity index (χ1) is 21.8. The molecule has 1 aromatic rings. The van der Waals surface area contributed by atoms with Gasteiger partial charge >= 0.3 is 6.09 Å². The molecule has 0 saturated carbocycles. The van der Waals surface area contributed by atoms with E-state index in [1.807, 2.05) is 72.1 Å². The number of rotatable bonds is 16. The molecule has 1 heterocycles. The number of nitrogens with zero attached hydrogens (tertiary/aromatic N) is 1. The highest BCUT2D eigenvalue weighted by atomic mass is 32.2. The number of amides is 3. The molecule has 0 bridgehead atoms. The Morgan fingerprint density at radius 1 is 1.11 bits per heavy atom. The molecular weight excluding hydrogens is 604 g/mol. The van der Waals surface area contributed by atoms with Crippen LogP contribution >= 0.6 is 11.8 Å². The average molecular weight is 659 g/mol. The van der Waals surface area contributed by atoms with Gasteiger partial charge in [0.05, 0.1) is 18.1 Å². The van der Waals surface area contributed by atoms with Gasteiger partial charge in [-0.1, -0.05) is 58.4 Å². The highest BCUT2D eigenvalue weighted by molar-refractivity contribution is 7.98. The van der Waals surface area contributed by atoms with Gasteiger partial charge in [0, 0.05) is 24.3 Å². The first-order valence-corrected chi connectivity index (χ1v) is 18.1. The molecule has 4 N–H and O–H groups in total. The lowest BCUT2D eigenvalue weighted by Crippen LogP contribution is -2.60. The van der Waals surface area contributed by atoms with E-state index >= 15 is 0 Å². The molecule has 0 aromatic heterocycles. The number of ketones is 2. The molecule has 1 fully saturated rings. The number of Topliss-reactive ketones (excluding diaryl/α,β-unsaturated/α-hetero) is 2. The van der Waals surface area contributed by atoms with E-state index in [0.29, 0.717) is 38.0 Å². The average Bonchev–Trinajstić information content (AvgIpc) is 3.29. The second-order valence-corrected chi connectivity index (χ2v) is 14.7. The minimum absolute atomic E-state index is 0.0324. The van der Waals surface area contributed by atoms with Crippen molar-refractivity contribution in [3.8, 4) is 0 Å². The number of likely N-dealkylation sites (tertiary alicyclic amines) is 1. The van der Waals surface area contributed by atoms with E-state index in [1.165, 1.54) is 0 Å². The van der Waals surface area contributed by atoms with Crippen LogP contribution in [0.5, 0.6) is 0 Å². The van der Waals surface area contributed by atoms with Gasteiger partial charge in [-0.15, -0.1) is 0 Å². The lowest BCUT2D eigenvalue weighted by molar-refractivity contribution is -0.145. The highest BCUT2D eigenvalue weighted by Crippen LogP contribution is 2.45. The Bertz CT molecular complexity index is 1260. The minimum atomic E-state index is -1.13. The molecule has 2 aliphatic rings. The third-order valence-corrected chi connectivity index (χ3v) is 10.0. The zero-order valence-electron chi connectivity index (χ0n) is 28.6. The van der Waals surface area contributed by atoms with E-state index in [0.717, 1.165) is 24.0 Å². The number of carbonyl (C=O) groups excluding carboxylic acids is 5. The molecule has 3 rings (SSSR count). The zero-order valence-corrected chi connectivity index (χ0v) is 29.4. The Balaban J connectivity index is 1.89. The normalized spacial score (nSPS) is 24.1. The van der Waals surface area contributed by atoms with E-state index in [4.69, 9.17) is 10.5 Å². The van der Waals surface area contributed by atoms with Crippen LogP contribution in [0.1, 0.15) is 84.8 Å². The summed E-state index contributed by atoms with van der Waals surface area (Å²) in [6, 6.07) is 4.93. The summed E-state index contributed by atoms with van der Waals surface area (Å²) in [5.74, 6) is -0.950. The zero-order chi connectivity index (χ0) is 34.2. The predicted octanol–water partition coefficient (Wildman–Crippen LogP) is 4.02. The number of hydrogen-bond donors (Lipinski definition) is 3. The fourth-order valence-electron chi connectivity index (χ4n) is 6.92. The molecule has 2 unspecified atom stereocenters. The van der Waals surface area contributed by atoms with Crippen LogP contribution in [-0.2, 0) is 35.8 Å². The summed E-state index contributed by atoms with van der Waals surface area (Å²) in [6.07, 6.45) is 4.28. The standard InChI is InChI=1S/C35H54N4O6S/c1-21(2)20-45-34(44)38-27(15-17-46-7)32(42)37-28-18-23(5)39(33(28)43)29-19-24-12-8-9-13-25(24)35(6,31(29)41)26(14-10-11-16-36)30(40)22(3)4/h8-9,12-13,21-23,26-29H,10-11,14-20,36H2,1-7H3,(H,37,42)(H,38,44)/t23?,26-,27-,28-,29-,35?/m0/s1. The van der Waals surface area contributed by atoms with Gasteiger partial charge in [-0.3, -0.25) is 19.2 Å². The lowest BCUT2D eigenvalue weighted by atomic mass is 9.58. The maximum absolute atomic E-state index is 14.8. The number of carbonyl (C=O) groups is 5. The summed E-state index contributed by atoms with van der Waals surface area (Å²) in [7, 11) is 0. The predicted molar refractivity (Wildman–Crippen MR) is 181 cm³/mol. The molecule has 0 radical (unpaired) electrons. The monoisotopic (exact) mass is 658 g/mol. The van der Waals surface area contributed by atoms with Crippen molar-refractivity contribution >= 4 is 41.2 Å². The molecule has 0 spiro atoms. The quantitative estimate of drug-likeness (QED) is 0.226. The Hall–Kier alpha value is -2.92. The molecular formula is C35H54N4O6S. The van der Waals surface area contributed by atoms with Crippen LogP contribution in [0.3, 0.4) is 0 Å². The number of alkyl carbamates (subject to hydrolysis) is 1. The largest absolute Gasteiger partial charge is 0.449 e. The van der Waals surface area contributed by atoms with Crippen molar-refractivity contribution in [3.63, 3.8) is 0 Å².